The first-order valence-electron chi connectivity index (χ1n) is 9.11. The summed E-state index contributed by atoms with van der Waals surface area (Å²) >= 11 is 1.46. The van der Waals surface area contributed by atoms with E-state index in [1.54, 1.807) is 30.5 Å². The van der Waals surface area contributed by atoms with Crippen molar-refractivity contribution in [2.75, 3.05) is 12.0 Å². The topological polar surface area (TPSA) is 55.3 Å². The van der Waals surface area contributed by atoms with Crippen LogP contribution in [0.25, 0.3) is 16.3 Å². The third-order valence-electron chi connectivity index (χ3n) is 4.37. The average Bonchev–Trinajstić information content (AvgIpc) is 3.21. The number of rotatable bonds is 6. The van der Waals surface area contributed by atoms with Gasteiger partial charge in [0.05, 0.1) is 18.4 Å². The number of ether oxygens (including phenoxy) is 1. The SMILES string of the molecule is COc1cccc2sc(N(Cc3cccnc3)C(=O)C=Cc3ccccc3)nc12. The summed E-state index contributed by atoms with van der Waals surface area (Å²) in [4.78, 5) is 23.6. The smallest absolute Gasteiger partial charge is 0.253 e. The van der Waals surface area contributed by atoms with Crippen LogP contribution in [0.15, 0.2) is 79.1 Å². The number of hydrogen-bond donors (Lipinski definition) is 0. The van der Waals surface area contributed by atoms with Crippen LogP contribution in [0.1, 0.15) is 11.1 Å². The Morgan fingerprint density at radius 3 is 2.72 bits per heavy atom. The van der Waals surface area contributed by atoms with Crippen molar-refractivity contribution in [3.63, 3.8) is 0 Å². The van der Waals surface area contributed by atoms with Crippen molar-refractivity contribution in [3.8, 4) is 5.75 Å². The van der Waals surface area contributed by atoms with Gasteiger partial charge in [-0.05, 0) is 35.4 Å². The number of hydrogen-bond acceptors (Lipinski definition) is 5. The minimum atomic E-state index is -0.143. The van der Waals surface area contributed by atoms with Gasteiger partial charge in [0.15, 0.2) is 5.13 Å². The van der Waals surface area contributed by atoms with Crippen LogP contribution in [-0.2, 0) is 11.3 Å². The molecule has 4 rings (SSSR count). The Labute approximate surface area is 172 Å². The molecule has 5 nitrogen and oxygen atoms in total. The molecule has 2 aromatic heterocycles. The van der Waals surface area contributed by atoms with Gasteiger partial charge in [-0.2, -0.15) is 0 Å². The van der Waals surface area contributed by atoms with E-state index in [2.05, 4.69) is 4.98 Å². The number of anilines is 1. The van der Waals surface area contributed by atoms with Crippen LogP contribution in [-0.4, -0.2) is 23.0 Å². The molecule has 0 unspecified atom stereocenters. The van der Waals surface area contributed by atoms with Gasteiger partial charge in [0.2, 0.25) is 0 Å². The van der Waals surface area contributed by atoms with Gasteiger partial charge in [-0.25, -0.2) is 4.98 Å². The van der Waals surface area contributed by atoms with E-state index in [4.69, 9.17) is 9.72 Å². The summed E-state index contributed by atoms with van der Waals surface area (Å²) in [5.41, 5.74) is 2.65. The van der Waals surface area contributed by atoms with E-state index >= 15 is 0 Å². The molecular formula is C23H19N3O2S. The molecule has 0 atom stereocenters. The summed E-state index contributed by atoms with van der Waals surface area (Å²) in [6.45, 7) is 0.383. The number of thiazole rings is 1. The Morgan fingerprint density at radius 1 is 1.10 bits per heavy atom. The molecule has 0 saturated carbocycles. The van der Waals surface area contributed by atoms with Crippen molar-refractivity contribution in [1.29, 1.82) is 0 Å². The normalized spacial score (nSPS) is 11.1. The van der Waals surface area contributed by atoms with Gasteiger partial charge in [-0.15, -0.1) is 0 Å². The number of amides is 1. The molecule has 2 heterocycles. The Morgan fingerprint density at radius 2 is 1.97 bits per heavy atom. The predicted molar refractivity (Wildman–Crippen MR) is 117 cm³/mol. The molecule has 4 aromatic rings. The van der Waals surface area contributed by atoms with E-state index in [1.165, 1.54) is 11.3 Å². The van der Waals surface area contributed by atoms with Crippen LogP contribution in [0.5, 0.6) is 5.75 Å². The van der Waals surface area contributed by atoms with Crippen LogP contribution in [0.4, 0.5) is 5.13 Å². The number of nitrogens with zero attached hydrogens (tertiary/aromatic N) is 3. The molecule has 1 amide bonds. The summed E-state index contributed by atoms with van der Waals surface area (Å²) in [6, 6.07) is 19.3. The first kappa shape index (κ1) is 18.8. The zero-order chi connectivity index (χ0) is 20.1. The average molecular weight is 401 g/mol. The zero-order valence-corrected chi connectivity index (χ0v) is 16.7. The molecule has 6 heteroatoms. The molecule has 2 aromatic carbocycles. The molecular weight excluding hydrogens is 382 g/mol. The number of methoxy groups -OCH3 is 1. The summed E-state index contributed by atoms with van der Waals surface area (Å²) in [5, 5.41) is 0.621. The molecule has 0 aliphatic heterocycles. The zero-order valence-electron chi connectivity index (χ0n) is 15.9. The minimum absolute atomic E-state index is 0.143. The Balaban J connectivity index is 1.70. The van der Waals surface area contributed by atoms with E-state index in [0.717, 1.165) is 21.3 Å². The molecule has 0 aliphatic carbocycles. The van der Waals surface area contributed by atoms with Crippen LogP contribution in [0, 0.1) is 0 Å². The van der Waals surface area contributed by atoms with E-state index in [-0.39, 0.29) is 5.91 Å². The van der Waals surface area contributed by atoms with Gasteiger partial charge in [0.25, 0.3) is 5.91 Å². The maximum absolute atomic E-state index is 13.1. The van der Waals surface area contributed by atoms with Gasteiger partial charge >= 0.3 is 0 Å². The summed E-state index contributed by atoms with van der Waals surface area (Å²) < 4.78 is 6.39. The quantitative estimate of drug-likeness (QED) is 0.429. The largest absolute Gasteiger partial charge is 0.494 e. The van der Waals surface area contributed by atoms with Crippen LogP contribution in [0.2, 0.25) is 0 Å². The predicted octanol–water partition coefficient (Wildman–Crippen LogP) is 4.95. The third kappa shape index (κ3) is 4.33. The highest BCUT2D eigenvalue weighted by Gasteiger charge is 2.19. The second-order valence-electron chi connectivity index (χ2n) is 6.33. The van der Waals surface area contributed by atoms with Gasteiger partial charge < -0.3 is 4.74 Å². The van der Waals surface area contributed by atoms with Gasteiger partial charge in [-0.3, -0.25) is 14.7 Å². The summed E-state index contributed by atoms with van der Waals surface area (Å²) in [6.07, 6.45) is 6.87. The second kappa shape index (κ2) is 8.67. The lowest BCUT2D eigenvalue weighted by Gasteiger charge is -2.18. The molecule has 0 spiro atoms. The number of aromatic nitrogens is 2. The monoisotopic (exact) mass is 401 g/mol. The van der Waals surface area contributed by atoms with Crippen molar-refractivity contribution in [2.45, 2.75) is 6.54 Å². The minimum Gasteiger partial charge on any atom is -0.494 e. The lowest BCUT2D eigenvalue weighted by atomic mass is 10.2. The Hall–Kier alpha value is -3.51. The van der Waals surface area contributed by atoms with Crippen LogP contribution >= 0.6 is 11.3 Å². The number of carbonyl (C=O) groups excluding carboxylic acids is 1. The summed E-state index contributed by atoms with van der Waals surface area (Å²) in [5.74, 6) is 0.550. The van der Waals surface area contributed by atoms with Crippen molar-refractivity contribution in [2.24, 2.45) is 0 Å². The van der Waals surface area contributed by atoms with Gasteiger partial charge in [0.1, 0.15) is 11.3 Å². The second-order valence-corrected chi connectivity index (χ2v) is 7.34. The molecule has 144 valence electrons. The van der Waals surface area contributed by atoms with E-state index < -0.39 is 0 Å². The number of benzene rings is 2. The van der Waals surface area contributed by atoms with Crippen LogP contribution in [0.3, 0.4) is 0 Å². The first-order valence-corrected chi connectivity index (χ1v) is 9.93. The van der Waals surface area contributed by atoms with E-state index in [0.29, 0.717) is 17.4 Å². The highest BCUT2D eigenvalue weighted by atomic mass is 32.1. The number of fused-ring (bicyclic) bond motifs is 1. The van der Waals surface area contributed by atoms with E-state index in [1.807, 2.05) is 66.7 Å². The molecule has 29 heavy (non-hydrogen) atoms. The number of para-hydroxylation sites is 1. The van der Waals surface area contributed by atoms with Crippen molar-refractivity contribution < 1.29 is 9.53 Å². The highest BCUT2D eigenvalue weighted by Crippen LogP contribution is 2.34. The maximum Gasteiger partial charge on any atom is 0.253 e. The molecule has 0 saturated heterocycles. The lowest BCUT2D eigenvalue weighted by molar-refractivity contribution is -0.114. The number of carbonyl (C=O) groups is 1. The third-order valence-corrected chi connectivity index (χ3v) is 5.41. The van der Waals surface area contributed by atoms with Crippen molar-refractivity contribution in [1.82, 2.24) is 9.97 Å². The van der Waals surface area contributed by atoms with Gasteiger partial charge in [-0.1, -0.05) is 53.8 Å². The number of pyridine rings is 1. The maximum atomic E-state index is 13.1. The van der Waals surface area contributed by atoms with Crippen molar-refractivity contribution in [3.05, 3.63) is 90.3 Å². The fraction of sp³-hybridized carbons (Fsp3) is 0.0870. The Bertz CT molecular complexity index is 1140. The molecule has 0 aliphatic rings. The molecule has 0 fully saturated rings. The first-order chi connectivity index (χ1) is 14.2. The van der Waals surface area contributed by atoms with Crippen molar-refractivity contribution >= 4 is 38.7 Å². The lowest BCUT2D eigenvalue weighted by Crippen LogP contribution is -2.28. The van der Waals surface area contributed by atoms with Gasteiger partial charge in [0, 0.05) is 18.5 Å². The standard InChI is InChI=1S/C23H19N3O2S/c1-28-19-10-5-11-20-22(19)25-23(29-20)26(16-18-9-6-14-24-15-18)21(27)13-12-17-7-3-2-4-8-17/h2-15H,16H2,1H3. The fourth-order valence-corrected chi connectivity index (χ4v) is 3.92. The van der Waals surface area contributed by atoms with Crippen LogP contribution < -0.4 is 9.64 Å². The van der Waals surface area contributed by atoms with E-state index in [9.17, 15) is 4.79 Å². The highest BCUT2D eigenvalue weighted by molar-refractivity contribution is 7.22. The molecule has 0 N–H and O–H groups in total. The fourth-order valence-electron chi connectivity index (χ4n) is 2.93. The molecule has 0 bridgehead atoms. The molecule has 0 radical (unpaired) electrons. The Kier molecular flexibility index (Phi) is 5.63. The summed E-state index contributed by atoms with van der Waals surface area (Å²) in [7, 11) is 1.62.